The fourth-order valence-corrected chi connectivity index (χ4v) is 4.40. The van der Waals surface area contributed by atoms with Crippen LogP contribution in [-0.2, 0) is 9.47 Å². The van der Waals surface area contributed by atoms with Crippen LogP contribution in [0.2, 0.25) is 0 Å². The minimum atomic E-state index is -0.0201. The van der Waals surface area contributed by atoms with Gasteiger partial charge in [-0.05, 0) is 62.1 Å². The molecule has 0 N–H and O–H groups in total. The summed E-state index contributed by atoms with van der Waals surface area (Å²) < 4.78 is 11.7. The molecule has 2 aliphatic heterocycles. The average molecular weight is 401 g/mol. The van der Waals surface area contributed by atoms with Gasteiger partial charge in [-0.15, -0.1) is 0 Å². The van der Waals surface area contributed by atoms with E-state index in [1.165, 1.54) is 34.9 Å². The van der Waals surface area contributed by atoms with E-state index < -0.39 is 0 Å². The van der Waals surface area contributed by atoms with Gasteiger partial charge in [0, 0.05) is 18.8 Å². The van der Waals surface area contributed by atoms with Gasteiger partial charge in [-0.2, -0.15) is 0 Å². The summed E-state index contributed by atoms with van der Waals surface area (Å²) in [5, 5.41) is 0. The van der Waals surface area contributed by atoms with E-state index in [4.69, 9.17) is 9.47 Å². The van der Waals surface area contributed by atoms with Gasteiger partial charge in [0.25, 0.3) is 0 Å². The van der Waals surface area contributed by atoms with Crippen molar-refractivity contribution in [2.75, 3.05) is 29.6 Å². The Hall–Kier alpha value is -2.82. The smallest absolute Gasteiger partial charge is 0.157 e. The summed E-state index contributed by atoms with van der Waals surface area (Å²) in [7, 11) is 0. The van der Waals surface area contributed by atoms with Gasteiger partial charge in [0.15, 0.2) is 6.29 Å². The first kappa shape index (κ1) is 19.2. The SMILES string of the molecule is c1ccc(N2c3ccccc3N(CCCOC3CCCCO3)c3ccccc32)cc1. The van der Waals surface area contributed by atoms with Crippen molar-refractivity contribution in [3.63, 3.8) is 0 Å². The Kier molecular flexibility index (Phi) is 5.69. The average Bonchev–Trinajstić information content (AvgIpc) is 2.82. The fraction of sp³-hybridized carbons (Fsp3) is 0.308. The molecule has 5 rings (SSSR count). The van der Waals surface area contributed by atoms with Crippen LogP contribution in [0.15, 0.2) is 78.9 Å². The third-order valence-corrected chi connectivity index (χ3v) is 5.81. The summed E-state index contributed by atoms with van der Waals surface area (Å²) in [4.78, 5) is 4.78. The summed E-state index contributed by atoms with van der Waals surface area (Å²) in [6.07, 6.45) is 4.30. The van der Waals surface area contributed by atoms with Gasteiger partial charge in [0.05, 0.1) is 29.4 Å². The number of fused-ring (bicyclic) bond motifs is 2. The maximum Gasteiger partial charge on any atom is 0.157 e. The molecule has 4 heteroatoms. The molecule has 0 saturated carbocycles. The second-order valence-corrected chi connectivity index (χ2v) is 7.82. The molecule has 0 amide bonds. The van der Waals surface area contributed by atoms with Crippen molar-refractivity contribution in [3.8, 4) is 0 Å². The van der Waals surface area contributed by atoms with Crippen LogP contribution in [0.1, 0.15) is 25.7 Å². The number of rotatable bonds is 6. The first-order chi connectivity index (χ1) is 14.9. The normalized spacial score (nSPS) is 18.1. The van der Waals surface area contributed by atoms with Crippen LogP contribution >= 0.6 is 0 Å². The molecule has 0 spiro atoms. The minimum Gasteiger partial charge on any atom is -0.353 e. The second kappa shape index (κ2) is 8.90. The van der Waals surface area contributed by atoms with E-state index in [2.05, 4.69) is 88.7 Å². The van der Waals surface area contributed by atoms with Crippen molar-refractivity contribution in [2.45, 2.75) is 32.0 Å². The zero-order valence-corrected chi connectivity index (χ0v) is 17.2. The molecule has 1 fully saturated rings. The van der Waals surface area contributed by atoms with Crippen molar-refractivity contribution < 1.29 is 9.47 Å². The molecule has 1 atom stereocenters. The Morgan fingerprint density at radius 3 is 2.03 bits per heavy atom. The number of ether oxygens (including phenoxy) is 2. The van der Waals surface area contributed by atoms with Crippen LogP contribution in [0.25, 0.3) is 0 Å². The fourth-order valence-electron chi connectivity index (χ4n) is 4.40. The molecule has 154 valence electrons. The predicted molar refractivity (Wildman–Crippen MR) is 122 cm³/mol. The van der Waals surface area contributed by atoms with E-state index in [0.29, 0.717) is 6.61 Å². The Balaban J connectivity index is 1.40. The van der Waals surface area contributed by atoms with Crippen molar-refractivity contribution in [3.05, 3.63) is 78.9 Å². The molecule has 0 aromatic heterocycles. The van der Waals surface area contributed by atoms with Crippen molar-refractivity contribution in [1.29, 1.82) is 0 Å². The molecular formula is C26H28N2O2. The molecule has 2 heterocycles. The van der Waals surface area contributed by atoms with Crippen molar-refractivity contribution >= 4 is 28.4 Å². The molecule has 3 aromatic carbocycles. The third-order valence-electron chi connectivity index (χ3n) is 5.81. The molecule has 0 bridgehead atoms. The second-order valence-electron chi connectivity index (χ2n) is 7.82. The monoisotopic (exact) mass is 400 g/mol. The molecule has 30 heavy (non-hydrogen) atoms. The highest BCUT2D eigenvalue weighted by Gasteiger charge is 2.28. The lowest BCUT2D eigenvalue weighted by molar-refractivity contribution is -0.162. The van der Waals surface area contributed by atoms with Gasteiger partial charge in [-0.25, -0.2) is 0 Å². The zero-order chi connectivity index (χ0) is 20.2. The lowest BCUT2D eigenvalue weighted by atomic mass is 10.1. The van der Waals surface area contributed by atoms with E-state index in [9.17, 15) is 0 Å². The Morgan fingerprint density at radius 1 is 0.767 bits per heavy atom. The van der Waals surface area contributed by atoms with Gasteiger partial charge in [0.1, 0.15) is 0 Å². The quantitative estimate of drug-likeness (QED) is 0.439. The van der Waals surface area contributed by atoms with Crippen LogP contribution in [0.4, 0.5) is 28.4 Å². The minimum absolute atomic E-state index is 0.0201. The molecule has 0 radical (unpaired) electrons. The summed E-state index contributed by atoms with van der Waals surface area (Å²) in [5.41, 5.74) is 6.05. The largest absolute Gasteiger partial charge is 0.353 e. The molecule has 2 aliphatic rings. The van der Waals surface area contributed by atoms with Gasteiger partial charge in [-0.1, -0.05) is 42.5 Å². The number of anilines is 5. The molecule has 4 nitrogen and oxygen atoms in total. The van der Waals surface area contributed by atoms with Gasteiger partial charge >= 0.3 is 0 Å². The van der Waals surface area contributed by atoms with Crippen molar-refractivity contribution in [1.82, 2.24) is 0 Å². The summed E-state index contributed by atoms with van der Waals surface area (Å²) in [6.45, 7) is 2.45. The first-order valence-corrected chi connectivity index (χ1v) is 11.0. The number of benzene rings is 3. The van der Waals surface area contributed by atoms with E-state index in [1.54, 1.807) is 0 Å². The number of nitrogens with zero attached hydrogens (tertiary/aromatic N) is 2. The number of hydrogen-bond donors (Lipinski definition) is 0. The highest BCUT2D eigenvalue weighted by molar-refractivity contribution is 5.97. The third kappa shape index (κ3) is 3.81. The van der Waals surface area contributed by atoms with E-state index in [-0.39, 0.29) is 6.29 Å². The van der Waals surface area contributed by atoms with Crippen LogP contribution in [0, 0.1) is 0 Å². The van der Waals surface area contributed by atoms with E-state index >= 15 is 0 Å². The van der Waals surface area contributed by atoms with E-state index in [0.717, 1.165) is 32.4 Å². The van der Waals surface area contributed by atoms with Gasteiger partial charge in [-0.3, -0.25) is 0 Å². The predicted octanol–water partition coefficient (Wildman–Crippen LogP) is 6.54. The highest BCUT2D eigenvalue weighted by Crippen LogP contribution is 2.50. The first-order valence-electron chi connectivity index (χ1n) is 11.0. The molecule has 1 unspecified atom stereocenters. The highest BCUT2D eigenvalue weighted by atomic mass is 16.7. The Labute approximate surface area is 178 Å². The molecular weight excluding hydrogens is 372 g/mol. The summed E-state index contributed by atoms with van der Waals surface area (Å²) in [5.74, 6) is 0. The number of hydrogen-bond acceptors (Lipinski definition) is 4. The standard InChI is InChI=1S/C26H28N2O2/c1-2-11-21(12-3-1)28-24-15-6-4-13-22(24)27(23-14-5-7-16-25(23)28)18-10-20-30-26-17-8-9-19-29-26/h1-7,11-16,26H,8-10,17-20H2. The Bertz CT molecular complexity index is 922. The Morgan fingerprint density at radius 2 is 1.40 bits per heavy atom. The summed E-state index contributed by atoms with van der Waals surface area (Å²) >= 11 is 0. The van der Waals surface area contributed by atoms with Crippen LogP contribution < -0.4 is 9.80 Å². The van der Waals surface area contributed by atoms with Crippen LogP contribution in [0.5, 0.6) is 0 Å². The zero-order valence-electron chi connectivity index (χ0n) is 17.2. The lowest BCUT2D eigenvalue weighted by Gasteiger charge is -2.40. The topological polar surface area (TPSA) is 24.9 Å². The maximum absolute atomic E-state index is 5.98. The van der Waals surface area contributed by atoms with E-state index in [1.807, 2.05) is 0 Å². The molecule has 0 aliphatic carbocycles. The lowest BCUT2D eigenvalue weighted by Crippen LogP contribution is -2.29. The van der Waals surface area contributed by atoms with Crippen molar-refractivity contribution in [2.24, 2.45) is 0 Å². The van der Waals surface area contributed by atoms with Gasteiger partial charge in [0.2, 0.25) is 0 Å². The van der Waals surface area contributed by atoms with Gasteiger partial charge < -0.3 is 19.3 Å². The molecule has 1 saturated heterocycles. The van der Waals surface area contributed by atoms with Crippen LogP contribution in [-0.4, -0.2) is 26.0 Å². The molecule has 3 aromatic rings. The maximum atomic E-state index is 5.98. The number of para-hydroxylation sites is 5. The van der Waals surface area contributed by atoms with Crippen LogP contribution in [0.3, 0.4) is 0 Å². The summed E-state index contributed by atoms with van der Waals surface area (Å²) in [6, 6.07) is 27.9.